The summed E-state index contributed by atoms with van der Waals surface area (Å²) in [4.78, 5) is 22.9. The molecule has 0 aliphatic heterocycles. The van der Waals surface area contributed by atoms with E-state index in [0.29, 0.717) is 19.3 Å². The van der Waals surface area contributed by atoms with E-state index in [2.05, 4.69) is 0 Å². The van der Waals surface area contributed by atoms with E-state index >= 15 is 0 Å². The number of carbonyl (C=O) groups excluding carboxylic acids is 2. The maximum Gasteiger partial charge on any atom is 0.305 e. The summed E-state index contributed by atoms with van der Waals surface area (Å²) in [7, 11) is 1.37. The van der Waals surface area contributed by atoms with Gasteiger partial charge in [-0.3, -0.25) is 9.59 Å². The quantitative estimate of drug-likeness (QED) is 0.438. The van der Waals surface area contributed by atoms with Crippen molar-refractivity contribution in [3.63, 3.8) is 0 Å². The van der Waals surface area contributed by atoms with Gasteiger partial charge in [0, 0.05) is 23.5 Å². The molecular formula is C27H34O6. The highest BCUT2D eigenvalue weighted by Crippen LogP contribution is 2.52. The monoisotopic (exact) mass is 454 g/mol. The molecule has 2 aromatic rings. The van der Waals surface area contributed by atoms with Gasteiger partial charge in [0.15, 0.2) is 0 Å². The molecule has 0 heterocycles. The number of rotatable bonds is 8. The molecule has 3 rings (SSSR count). The molecule has 0 bridgehead atoms. The third-order valence-electron chi connectivity index (χ3n) is 7.00. The Bertz CT molecular complexity index is 970. The zero-order valence-electron chi connectivity index (χ0n) is 20.1. The molecule has 2 aromatic carbocycles. The molecule has 0 aromatic heterocycles. The fraction of sp³-hybridized carbons (Fsp3) is 0.481. The van der Waals surface area contributed by atoms with Gasteiger partial charge in [0.25, 0.3) is 6.47 Å². The first-order valence-electron chi connectivity index (χ1n) is 11.4. The molecule has 6 heteroatoms. The van der Waals surface area contributed by atoms with Gasteiger partial charge in [0.1, 0.15) is 11.5 Å². The van der Waals surface area contributed by atoms with Crippen molar-refractivity contribution in [2.24, 2.45) is 17.8 Å². The van der Waals surface area contributed by atoms with E-state index in [9.17, 15) is 19.8 Å². The van der Waals surface area contributed by atoms with E-state index in [4.69, 9.17) is 9.47 Å². The van der Waals surface area contributed by atoms with Crippen molar-refractivity contribution in [1.82, 2.24) is 0 Å². The zero-order chi connectivity index (χ0) is 24.3. The number of hydrogen-bond donors (Lipinski definition) is 2. The Morgan fingerprint density at radius 1 is 0.970 bits per heavy atom. The number of phenolic OH excluding ortho intramolecular Hbond substituents is 2. The van der Waals surface area contributed by atoms with E-state index in [1.807, 2.05) is 52.0 Å². The second kappa shape index (κ2) is 10.3. The van der Waals surface area contributed by atoms with Gasteiger partial charge in [0.05, 0.1) is 13.7 Å². The Balaban J connectivity index is 2.12. The van der Waals surface area contributed by atoms with Crippen LogP contribution in [0.2, 0.25) is 0 Å². The number of ether oxygens (including phenoxy) is 2. The Morgan fingerprint density at radius 2 is 1.48 bits per heavy atom. The van der Waals surface area contributed by atoms with E-state index < -0.39 is 0 Å². The Kier molecular flexibility index (Phi) is 7.67. The predicted octanol–water partition coefficient (Wildman–Crippen LogP) is 4.84. The lowest BCUT2D eigenvalue weighted by atomic mass is 9.76. The molecule has 0 amide bonds. The third kappa shape index (κ3) is 5.32. The zero-order valence-corrected chi connectivity index (χ0v) is 20.1. The summed E-state index contributed by atoms with van der Waals surface area (Å²) < 4.78 is 10.00. The number of esters is 1. The van der Waals surface area contributed by atoms with Crippen LogP contribution >= 0.6 is 0 Å². The van der Waals surface area contributed by atoms with E-state index in [0.717, 1.165) is 33.4 Å². The van der Waals surface area contributed by atoms with Gasteiger partial charge in [-0.15, -0.1) is 0 Å². The number of aryl methyl sites for hydroxylation is 4. The van der Waals surface area contributed by atoms with Crippen LogP contribution < -0.4 is 0 Å². The minimum absolute atomic E-state index is 0.0112. The summed E-state index contributed by atoms with van der Waals surface area (Å²) in [5.41, 5.74) is 5.16. The third-order valence-corrected chi connectivity index (χ3v) is 7.00. The summed E-state index contributed by atoms with van der Waals surface area (Å²) in [6.07, 6.45) is 1.62. The number of benzene rings is 2. The average Bonchev–Trinajstić information content (AvgIpc) is 3.15. The number of carbonyl (C=O) groups is 2. The lowest BCUT2D eigenvalue weighted by molar-refractivity contribution is -0.142. The molecule has 2 N–H and O–H groups in total. The average molecular weight is 455 g/mol. The van der Waals surface area contributed by atoms with Crippen LogP contribution in [0.5, 0.6) is 11.5 Å². The van der Waals surface area contributed by atoms with Crippen molar-refractivity contribution in [2.75, 3.05) is 13.7 Å². The van der Waals surface area contributed by atoms with Gasteiger partial charge in [-0.2, -0.15) is 0 Å². The number of aromatic hydroxyl groups is 2. The first kappa shape index (κ1) is 24.6. The van der Waals surface area contributed by atoms with Gasteiger partial charge < -0.3 is 19.7 Å². The summed E-state index contributed by atoms with van der Waals surface area (Å²) >= 11 is 0. The van der Waals surface area contributed by atoms with Crippen LogP contribution in [-0.4, -0.2) is 36.4 Å². The lowest BCUT2D eigenvalue weighted by Gasteiger charge is -2.28. The van der Waals surface area contributed by atoms with E-state index in [-0.39, 0.29) is 54.2 Å². The molecule has 1 aliphatic carbocycles. The van der Waals surface area contributed by atoms with Gasteiger partial charge in [-0.25, -0.2) is 0 Å². The van der Waals surface area contributed by atoms with E-state index in [1.165, 1.54) is 7.11 Å². The Morgan fingerprint density at radius 3 is 1.97 bits per heavy atom. The van der Waals surface area contributed by atoms with Crippen molar-refractivity contribution < 1.29 is 29.3 Å². The van der Waals surface area contributed by atoms with Crippen molar-refractivity contribution in [3.05, 3.63) is 57.6 Å². The fourth-order valence-electron chi connectivity index (χ4n) is 5.58. The molecule has 0 saturated heterocycles. The molecular weight excluding hydrogens is 420 g/mol. The summed E-state index contributed by atoms with van der Waals surface area (Å²) in [6.45, 7) is 8.39. The normalized spacial score (nSPS) is 20.1. The highest BCUT2D eigenvalue weighted by molar-refractivity contribution is 5.69. The summed E-state index contributed by atoms with van der Waals surface area (Å²) in [6, 6.07) is 7.84. The van der Waals surface area contributed by atoms with Crippen molar-refractivity contribution in [1.29, 1.82) is 0 Å². The first-order chi connectivity index (χ1) is 15.7. The van der Waals surface area contributed by atoms with Crippen molar-refractivity contribution >= 4 is 12.4 Å². The number of hydrogen-bond acceptors (Lipinski definition) is 6. The molecule has 1 aliphatic rings. The standard InChI is InChI=1S/C27H34O6/c1-15-6-17(3)26(30)22(8-15)25(23-9-16(2)7-18(4)27(23)31)20-10-19(12-24(29)32-5)21(11-20)13-33-14-28/h6-9,14,19-21,25,30-31H,10-13H2,1-5H3. The van der Waals surface area contributed by atoms with Gasteiger partial charge in [-0.05, 0) is 69.4 Å². The van der Waals surface area contributed by atoms with Crippen LogP contribution in [0.1, 0.15) is 58.6 Å². The highest BCUT2D eigenvalue weighted by atomic mass is 16.5. The second-order valence-electron chi connectivity index (χ2n) is 9.48. The molecule has 6 nitrogen and oxygen atoms in total. The molecule has 33 heavy (non-hydrogen) atoms. The van der Waals surface area contributed by atoms with Gasteiger partial charge in [-0.1, -0.05) is 35.4 Å². The highest BCUT2D eigenvalue weighted by Gasteiger charge is 2.42. The molecule has 3 unspecified atom stereocenters. The SMILES string of the molecule is COC(=O)CC1CC(C(c2cc(C)cc(C)c2O)c2cc(C)cc(C)c2O)CC1COC=O. The summed E-state index contributed by atoms with van der Waals surface area (Å²) in [5, 5.41) is 22.1. The van der Waals surface area contributed by atoms with Crippen LogP contribution in [0.15, 0.2) is 24.3 Å². The predicted molar refractivity (Wildman–Crippen MR) is 125 cm³/mol. The second-order valence-corrected chi connectivity index (χ2v) is 9.48. The maximum absolute atomic E-state index is 12.1. The van der Waals surface area contributed by atoms with Crippen LogP contribution in [0.3, 0.4) is 0 Å². The molecule has 1 fully saturated rings. The van der Waals surface area contributed by atoms with Crippen LogP contribution in [0.4, 0.5) is 0 Å². The minimum atomic E-state index is -0.295. The molecule has 0 radical (unpaired) electrons. The van der Waals surface area contributed by atoms with Crippen LogP contribution in [0.25, 0.3) is 0 Å². The van der Waals surface area contributed by atoms with Gasteiger partial charge >= 0.3 is 5.97 Å². The van der Waals surface area contributed by atoms with Crippen molar-refractivity contribution in [3.8, 4) is 11.5 Å². The molecule has 3 atom stereocenters. The van der Waals surface area contributed by atoms with Crippen LogP contribution in [0, 0.1) is 45.4 Å². The Labute approximate surface area is 195 Å². The first-order valence-corrected chi connectivity index (χ1v) is 11.4. The smallest absolute Gasteiger partial charge is 0.305 e. The number of phenols is 2. The number of methoxy groups -OCH3 is 1. The van der Waals surface area contributed by atoms with Gasteiger partial charge in [0.2, 0.25) is 0 Å². The summed E-state index contributed by atoms with van der Waals surface area (Å²) in [5.74, 6) is -0.129. The maximum atomic E-state index is 12.1. The molecule has 0 spiro atoms. The fourth-order valence-corrected chi connectivity index (χ4v) is 5.58. The lowest BCUT2D eigenvalue weighted by Crippen LogP contribution is -2.18. The van der Waals surface area contributed by atoms with Crippen LogP contribution in [-0.2, 0) is 19.1 Å². The van der Waals surface area contributed by atoms with Crippen molar-refractivity contribution in [2.45, 2.75) is 52.9 Å². The molecule has 1 saturated carbocycles. The molecule has 178 valence electrons. The topological polar surface area (TPSA) is 93.1 Å². The minimum Gasteiger partial charge on any atom is -0.507 e. The Hall–Kier alpha value is -3.02. The van der Waals surface area contributed by atoms with E-state index in [1.54, 1.807) is 0 Å². The largest absolute Gasteiger partial charge is 0.507 e.